The van der Waals surface area contributed by atoms with E-state index in [-0.39, 0.29) is 18.3 Å². The lowest BCUT2D eigenvalue weighted by Crippen LogP contribution is -2.29. The van der Waals surface area contributed by atoms with Crippen molar-refractivity contribution in [1.29, 1.82) is 0 Å². The minimum atomic E-state index is -4.52. The first kappa shape index (κ1) is 17.9. The molecule has 1 unspecified atom stereocenters. The van der Waals surface area contributed by atoms with Crippen molar-refractivity contribution in [3.8, 4) is 0 Å². The predicted molar refractivity (Wildman–Crippen MR) is 73.5 cm³/mol. The summed E-state index contributed by atoms with van der Waals surface area (Å²) in [7, 11) is 0. The van der Waals surface area contributed by atoms with E-state index in [1.165, 1.54) is 0 Å². The molecule has 0 spiro atoms. The van der Waals surface area contributed by atoms with E-state index in [1.54, 1.807) is 13.8 Å². The van der Waals surface area contributed by atoms with E-state index < -0.39 is 23.6 Å². The number of rotatable bonds is 7. The van der Waals surface area contributed by atoms with Crippen molar-refractivity contribution in [2.45, 2.75) is 45.5 Å². The van der Waals surface area contributed by atoms with Crippen LogP contribution in [0.15, 0.2) is 18.2 Å². The van der Waals surface area contributed by atoms with Crippen molar-refractivity contribution < 1.29 is 22.3 Å². The van der Waals surface area contributed by atoms with E-state index in [9.17, 15) is 17.6 Å². The zero-order valence-corrected chi connectivity index (χ0v) is 12.4. The number of hydrogen-bond donors (Lipinski definition) is 1. The lowest BCUT2D eigenvalue weighted by molar-refractivity contribution is -0.138. The molecular formula is C15H21F4NO. The Bertz CT molecular complexity index is 446. The van der Waals surface area contributed by atoms with Crippen LogP contribution in [0.5, 0.6) is 0 Å². The lowest BCUT2D eigenvalue weighted by atomic mass is 9.99. The van der Waals surface area contributed by atoms with Crippen LogP contribution in [0.25, 0.3) is 0 Å². The van der Waals surface area contributed by atoms with Gasteiger partial charge in [0.25, 0.3) is 0 Å². The summed E-state index contributed by atoms with van der Waals surface area (Å²) in [6.45, 7) is 6.09. The molecule has 0 aromatic heterocycles. The smallest absolute Gasteiger partial charge is 0.377 e. The van der Waals surface area contributed by atoms with Crippen molar-refractivity contribution in [3.63, 3.8) is 0 Å². The monoisotopic (exact) mass is 307 g/mol. The van der Waals surface area contributed by atoms with E-state index in [0.29, 0.717) is 6.54 Å². The highest BCUT2D eigenvalue weighted by Gasteiger charge is 2.35. The third-order valence-corrected chi connectivity index (χ3v) is 2.93. The molecule has 2 nitrogen and oxygen atoms in total. The van der Waals surface area contributed by atoms with Crippen LogP contribution in [0.4, 0.5) is 17.6 Å². The number of halogens is 4. The van der Waals surface area contributed by atoms with Gasteiger partial charge in [-0.2, -0.15) is 13.2 Å². The first-order valence-electron chi connectivity index (χ1n) is 6.97. The summed E-state index contributed by atoms with van der Waals surface area (Å²) in [6.07, 6.45) is -3.87. The molecule has 1 atom stereocenters. The molecule has 0 bridgehead atoms. The highest BCUT2D eigenvalue weighted by Crippen LogP contribution is 2.35. The summed E-state index contributed by atoms with van der Waals surface area (Å²) in [5, 5.41) is 2.99. The zero-order chi connectivity index (χ0) is 16.0. The van der Waals surface area contributed by atoms with Crippen LogP contribution < -0.4 is 5.32 Å². The second-order valence-corrected chi connectivity index (χ2v) is 5.12. The maximum absolute atomic E-state index is 13.4. The van der Waals surface area contributed by atoms with Crippen molar-refractivity contribution in [3.05, 3.63) is 35.1 Å². The standard InChI is InChI=1S/C15H21F4NO/c1-4-7-20-14(9-21-10(2)3)12-8-11(16)5-6-13(12)15(17,18)19/h5-6,8,10,14,20H,4,7,9H2,1-3H3. The van der Waals surface area contributed by atoms with E-state index in [0.717, 1.165) is 24.6 Å². The van der Waals surface area contributed by atoms with Gasteiger partial charge in [-0.15, -0.1) is 0 Å². The van der Waals surface area contributed by atoms with Gasteiger partial charge in [-0.1, -0.05) is 6.92 Å². The SMILES string of the molecule is CCCNC(COC(C)C)c1cc(F)ccc1C(F)(F)F. The number of hydrogen-bond acceptors (Lipinski definition) is 2. The minimum absolute atomic E-state index is 0.0597. The van der Waals surface area contributed by atoms with Gasteiger partial charge in [-0.3, -0.25) is 0 Å². The Morgan fingerprint density at radius 2 is 1.90 bits per heavy atom. The molecule has 0 aliphatic heterocycles. The molecule has 0 fully saturated rings. The second-order valence-electron chi connectivity index (χ2n) is 5.12. The fourth-order valence-corrected chi connectivity index (χ4v) is 1.95. The molecule has 1 N–H and O–H groups in total. The highest BCUT2D eigenvalue weighted by atomic mass is 19.4. The van der Waals surface area contributed by atoms with Crippen molar-refractivity contribution in [2.75, 3.05) is 13.2 Å². The summed E-state index contributed by atoms with van der Waals surface area (Å²) >= 11 is 0. The van der Waals surface area contributed by atoms with Crippen LogP contribution in [-0.4, -0.2) is 19.3 Å². The van der Waals surface area contributed by atoms with Crippen LogP contribution >= 0.6 is 0 Å². The first-order chi connectivity index (χ1) is 9.75. The van der Waals surface area contributed by atoms with Gasteiger partial charge in [-0.05, 0) is 50.6 Å². The van der Waals surface area contributed by atoms with Crippen LogP contribution in [0.1, 0.15) is 44.4 Å². The van der Waals surface area contributed by atoms with Crippen molar-refractivity contribution in [2.24, 2.45) is 0 Å². The van der Waals surface area contributed by atoms with Crippen LogP contribution in [0, 0.1) is 5.82 Å². The van der Waals surface area contributed by atoms with E-state index in [1.807, 2.05) is 6.92 Å². The normalized spacial score (nSPS) is 13.7. The number of ether oxygens (including phenoxy) is 1. The molecule has 0 heterocycles. The van der Waals surface area contributed by atoms with Gasteiger partial charge in [0.05, 0.1) is 24.3 Å². The summed E-state index contributed by atoms with van der Waals surface area (Å²) < 4.78 is 58.0. The Morgan fingerprint density at radius 1 is 1.24 bits per heavy atom. The first-order valence-corrected chi connectivity index (χ1v) is 6.97. The predicted octanol–water partition coefficient (Wildman–Crippen LogP) is 4.31. The molecule has 0 aliphatic carbocycles. The zero-order valence-electron chi connectivity index (χ0n) is 12.4. The van der Waals surface area contributed by atoms with Crippen LogP contribution in [0.2, 0.25) is 0 Å². The summed E-state index contributed by atoms with van der Waals surface area (Å²) in [4.78, 5) is 0. The molecule has 21 heavy (non-hydrogen) atoms. The number of alkyl halides is 3. The third kappa shape index (κ3) is 5.63. The van der Waals surface area contributed by atoms with Gasteiger partial charge in [0, 0.05) is 0 Å². The van der Waals surface area contributed by atoms with Crippen molar-refractivity contribution in [1.82, 2.24) is 5.32 Å². The maximum Gasteiger partial charge on any atom is 0.416 e. The average Bonchev–Trinajstić information content (AvgIpc) is 2.37. The Kier molecular flexibility index (Phi) is 6.61. The van der Waals surface area contributed by atoms with E-state index in [4.69, 9.17) is 4.74 Å². The molecule has 1 rings (SSSR count). The number of nitrogens with one attached hydrogen (secondary N) is 1. The van der Waals surface area contributed by atoms with Gasteiger partial charge >= 0.3 is 6.18 Å². The molecule has 0 amide bonds. The Hall–Kier alpha value is -1.14. The Morgan fingerprint density at radius 3 is 2.43 bits per heavy atom. The molecule has 0 saturated heterocycles. The topological polar surface area (TPSA) is 21.3 Å². The minimum Gasteiger partial charge on any atom is -0.377 e. The molecule has 6 heteroatoms. The van der Waals surface area contributed by atoms with Gasteiger partial charge in [0.1, 0.15) is 5.82 Å². The molecular weight excluding hydrogens is 286 g/mol. The van der Waals surface area contributed by atoms with Crippen LogP contribution in [0.3, 0.4) is 0 Å². The average molecular weight is 307 g/mol. The quantitative estimate of drug-likeness (QED) is 0.758. The highest BCUT2D eigenvalue weighted by molar-refractivity contribution is 5.33. The molecule has 120 valence electrons. The fraction of sp³-hybridized carbons (Fsp3) is 0.600. The lowest BCUT2D eigenvalue weighted by Gasteiger charge is -2.24. The molecule has 1 aromatic rings. The van der Waals surface area contributed by atoms with Gasteiger partial charge in [0.15, 0.2) is 0 Å². The molecule has 0 aliphatic rings. The number of benzene rings is 1. The van der Waals surface area contributed by atoms with E-state index in [2.05, 4.69) is 5.32 Å². The summed E-state index contributed by atoms with van der Waals surface area (Å²) in [6, 6.07) is 1.84. The largest absolute Gasteiger partial charge is 0.416 e. The second kappa shape index (κ2) is 7.75. The molecule has 1 aromatic carbocycles. The Labute approximate surface area is 122 Å². The van der Waals surface area contributed by atoms with Crippen molar-refractivity contribution >= 4 is 0 Å². The summed E-state index contributed by atoms with van der Waals surface area (Å²) in [5.74, 6) is -0.689. The third-order valence-electron chi connectivity index (χ3n) is 2.93. The molecule has 0 radical (unpaired) electrons. The van der Waals surface area contributed by atoms with Gasteiger partial charge in [0.2, 0.25) is 0 Å². The van der Waals surface area contributed by atoms with Crippen LogP contribution in [-0.2, 0) is 10.9 Å². The fourth-order valence-electron chi connectivity index (χ4n) is 1.95. The van der Waals surface area contributed by atoms with Gasteiger partial charge < -0.3 is 10.1 Å². The Balaban J connectivity index is 3.11. The van der Waals surface area contributed by atoms with Gasteiger partial charge in [-0.25, -0.2) is 4.39 Å². The maximum atomic E-state index is 13.4. The summed E-state index contributed by atoms with van der Waals surface area (Å²) in [5.41, 5.74) is -0.943. The molecule has 0 saturated carbocycles. The van der Waals surface area contributed by atoms with E-state index >= 15 is 0 Å².